The van der Waals surface area contributed by atoms with Gasteiger partial charge in [-0.25, -0.2) is 14.8 Å². The summed E-state index contributed by atoms with van der Waals surface area (Å²) in [4.78, 5) is 24.8. The van der Waals surface area contributed by atoms with Crippen LogP contribution in [-0.4, -0.2) is 65.8 Å². The van der Waals surface area contributed by atoms with E-state index < -0.39 is 0 Å². The number of carbonyl (C=O) groups excluding carboxylic acids is 1. The largest absolute Gasteiger partial charge is 0.376 e. The quantitative estimate of drug-likeness (QED) is 0.897. The van der Waals surface area contributed by atoms with Gasteiger partial charge in [-0.05, 0) is 25.8 Å². The molecule has 2 saturated heterocycles. The SMILES string of the molecule is C[C@@H](NC(=O)N1CCN(c2ncccn2)CC1)[C@@H]1CCCO1. The van der Waals surface area contributed by atoms with Crippen LogP contribution in [-0.2, 0) is 4.74 Å². The first-order valence-electron chi connectivity index (χ1n) is 7.93. The number of rotatable bonds is 3. The van der Waals surface area contributed by atoms with Gasteiger partial charge in [-0.15, -0.1) is 0 Å². The Morgan fingerprint density at radius 1 is 1.32 bits per heavy atom. The van der Waals surface area contributed by atoms with E-state index in [-0.39, 0.29) is 18.2 Å². The van der Waals surface area contributed by atoms with Gasteiger partial charge in [-0.3, -0.25) is 0 Å². The second-order valence-electron chi connectivity index (χ2n) is 5.81. The molecule has 0 aromatic carbocycles. The molecule has 0 aliphatic carbocycles. The molecule has 2 aliphatic rings. The zero-order chi connectivity index (χ0) is 15.4. The maximum atomic E-state index is 12.3. The van der Waals surface area contributed by atoms with E-state index in [0.29, 0.717) is 13.1 Å². The smallest absolute Gasteiger partial charge is 0.317 e. The highest BCUT2D eigenvalue weighted by Crippen LogP contribution is 2.16. The maximum Gasteiger partial charge on any atom is 0.317 e. The maximum absolute atomic E-state index is 12.3. The second kappa shape index (κ2) is 6.91. The van der Waals surface area contributed by atoms with E-state index in [1.165, 1.54) is 0 Å². The predicted molar refractivity (Wildman–Crippen MR) is 82.8 cm³/mol. The average Bonchev–Trinajstić information content (AvgIpc) is 3.10. The summed E-state index contributed by atoms with van der Waals surface area (Å²) in [6, 6.07) is 1.86. The average molecular weight is 305 g/mol. The molecule has 2 aliphatic heterocycles. The molecule has 1 aromatic heterocycles. The highest BCUT2D eigenvalue weighted by molar-refractivity contribution is 5.74. The third-order valence-corrected chi connectivity index (χ3v) is 4.28. The van der Waals surface area contributed by atoms with Gasteiger partial charge in [0.15, 0.2) is 0 Å². The molecular weight excluding hydrogens is 282 g/mol. The van der Waals surface area contributed by atoms with Gasteiger partial charge in [-0.2, -0.15) is 0 Å². The number of piperazine rings is 1. The molecule has 120 valence electrons. The van der Waals surface area contributed by atoms with Gasteiger partial charge in [0.2, 0.25) is 5.95 Å². The van der Waals surface area contributed by atoms with Gasteiger partial charge in [0, 0.05) is 45.2 Å². The van der Waals surface area contributed by atoms with Crippen molar-refractivity contribution in [3.05, 3.63) is 18.5 Å². The van der Waals surface area contributed by atoms with Gasteiger partial charge < -0.3 is 19.9 Å². The Hall–Kier alpha value is -1.89. The molecule has 2 fully saturated rings. The fourth-order valence-electron chi connectivity index (χ4n) is 2.94. The van der Waals surface area contributed by atoms with Crippen LogP contribution in [0.5, 0.6) is 0 Å². The Morgan fingerprint density at radius 2 is 2.05 bits per heavy atom. The lowest BCUT2D eigenvalue weighted by Crippen LogP contribution is -2.54. The number of aromatic nitrogens is 2. The van der Waals surface area contributed by atoms with Crippen molar-refractivity contribution in [2.24, 2.45) is 0 Å². The van der Waals surface area contributed by atoms with Crippen molar-refractivity contribution in [3.8, 4) is 0 Å². The molecule has 3 rings (SSSR count). The molecule has 2 atom stereocenters. The summed E-state index contributed by atoms with van der Waals surface area (Å²) in [5.41, 5.74) is 0. The Balaban J connectivity index is 1.47. The molecule has 0 radical (unpaired) electrons. The molecule has 3 heterocycles. The van der Waals surface area contributed by atoms with E-state index >= 15 is 0 Å². The van der Waals surface area contributed by atoms with Gasteiger partial charge >= 0.3 is 6.03 Å². The van der Waals surface area contributed by atoms with Crippen LogP contribution in [0.2, 0.25) is 0 Å². The molecule has 1 aromatic rings. The number of anilines is 1. The minimum Gasteiger partial charge on any atom is -0.376 e. The van der Waals surface area contributed by atoms with E-state index in [2.05, 4.69) is 20.2 Å². The van der Waals surface area contributed by atoms with E-state index in [4.69, 9.17) is 4.74 Å². The lowest BCUT2D eigenvalue weighted by molar-refractivity contribution is 0.0831. The van der Waals surface area contributed by atoms with Crippen LogP contribution in [0.25, 0.3) is 0 Å². The standard InChI is InChI=1S/C15H23N5O2/c1-12(13-4-2-11-22-13)18-15(21)20-9-7-19(8-10-20)14-16-5-3-6-17-14/h3,5-6,12-13H,2,4,7-11H2,1H3,(H,18,21)/t12-,13+/m1/s1. The normalized spacial score (nSPS) is 23.4. The number of amides is 2. The van der Waals surface area contributed by atoms with Crippen molar-refractivity contribution < 1.29 is 9.53 Å². The van der Waals surface area contributed by atoms with Crippen LogP contribution in [0, 0.1) is 0 Å². The first kappa shape index (κ1) is 15.0. The predicted octanol–water partition coefficient (Wildman–Crippen LogP) is 0.876. The van der Waals surface area contributed by atoms with Crippen LogP contribution in [0.15, 0.2) is 18.5 Å². The minimum atomic E-state index is -0.00312. The molecule has 0 unspecified atom stereocenters. The summed E-state index contributed by atoms with van der Waals surface area (Å²) >= 11 is 0. The summed E-state index contributed by atoms with van der Waals surface area (Å²) in [6.45, 7) is 5.70. The summed E-state index contributed by atoms with van der Waals surface area (Å²) < 4.78 is 5.62. The van der Waals surface area contributed by atoms with E-state index in [0.717, 1.165) is 38.5 Å². The molecular formula is C15H23N5O2. The fourth-order valence-corrected chi connectivity index (χ4v) is 2.94. The molecule has 7 heteroatoms. The van der Waals surface area contributed by atoms with Crippen LogP contribution in [0.1, 0.15) is 19.8 Å². The van der Waals surface area contributed by atoms with Gasteiger partial charge in [-0.1, -0.05) is 0 Å². The molecule has 1 N–H and O–H groups in total. The van der Waals surface area contributed by atoms with Crippen molar-refractivity contribution in [2.75, 3.05) is 37.7 Å². The number of nitrogens with one attached hydrogen (secondary N) is 1. The lowest BCUT2D eigenvalue weighted by atomic mass is 10.1. The van der Waals surface area contributed by atoms with Crippen LogP contribution in [0.3, 0.4) is 0 Å². The molecule has 22 heavy (non-hydrogen) atoms. The second-order valence-corrected chi connectivity index (χ2v) is 5.81. The number of urea groups is 1. The van der Waals surface area contributed by atoms with Crippen molar-refractivity contribution >= 4 is 12.0 Å². The zero-order valence-electron chi connectivity index (χ0n) is 12.9. The summed E-state index contributed by atoms with van der Waals surface area (Å²) in [7, 11) is 0. The Morgan fingerprint density at radius 3 is 2.68 bits per heavy atom. The molecule has 0 bridgehead atoms. The number of hydrogen-bond donors (Lipinski definition) is 1. The third kappa shape index (κ3) is 3.47. The van der Waals surface area contributed by atoms with Crippen molar-refractivity contribution in [1.82, 2.24) is 20.2 Å². The van der Waals surface area contributed by atoms with E-state index in [9.17, 15) is 4.79 Å². The van der Waals surface area contributed by atoms with Gasteiger partial charge in [0.05, 0.1) is 12.1 Å². The first-order chi connectivity index (χ1) is 10.7. The van der Waals surface area contributed by atoms with Gasteiger partial charge in [0.1, 0.15) is 0 Å². The van der Waals surface area contributed by atoms with E-state index in [1.54, 1.807) is 18.5 Å². The van der Waals surface area contributed by atoms with Gasteiger partial charge in [0.25, 0.3) is 0 Å². The molecule has 0 spiro atoms. The Bertz CT molecular complexity index is 484. The lowest BCUT2D eigenvalue weighted by Gasteiger charge is -2.35. The Labute approximate surface area is 130 Å². The molecule has 2 amide bonds. The minimum absolute atomic E-state index is 0.00312. The van der Waals surface area contributed by atoms with Crippen LogP contribution < -0.4 is 10.2 Å². The van der Waals surface area contributed by atoms with Crippen molar-refractivity contribution in [3.63, 3.8) is 0 Å². The summed E-state index contributed by atoms with van der Waals surface area (Å²) in [6.07, 6.45) is 5.75. The first-order valence-corrected chi connectivity index (χ1v) is 7.93. The van der Waals surface area contributed by atoms with E-state index in [1.807, 2.05) is 11.8 Å². The number of hydrogen-bond acceptors (Lipinski definition) is 5. The molecule has 0 saturated carbocycles. The summed E-state index contributed by atoms with van der Waals surface area (Å²) in [5, 5.41) is 3.06. The number of ether oxygens (including phenoxy) is 1. The van der Waals surface area contributed by atoms with Crippen molar-refractivity contribution in [2.45, 2.75) is 31.9 Å². The fraction of sp³-hybridized carbons (Fsp3) is 0.667. The van der Waals surface area contributed by atoms with Crippen LogP contribution >= 0.6 is 0 Å². The number of nitrogens with zero attached hydrogens (tertiary/aromatic N) is 4. The van der Waals surface area contributed by atoms with Crippen molar-refractivity contribution in [1.29, 1.82) is 0 Å². The Kier molecular flexibility index (Phi) is 4.72. The highest BCUT2D eigenvalue weighted by Gasteiger charge is 2.27. The topological polar surface area (TPSA) is 70.6 Å². The van der Waals surface area contributed by atoms with Crippen LogP contribution in [0.4, 0.5) is 10.7 Å². The zero-order valence-corrected chi connectivity index (χ0v) is 12.9. The monoisotopic (exact) mass is 305 g/mol. The summed E-state index contributed by atoms with van der Waals surface area (Å²) in [5.74, 6) is 0.732. The highest BCUT2D eigenvalue weighted by atomic mass is 16.5. The molecule has 7 nitrogen and oxygen atoms in total. The number of carbonyl (C=O) groups is 1. The third-order valence-electron chi connectivity index (χ3n) is 4.28.